The molecule has 0 saturated carbocycles. The van der Waals surface area contributed by atoms with Gasteiger partial charge in [-0.3, -0.25) is 0 Å². The predicted octanol–water partition coefficient (Wildman–Crippen LogP) is 2.17. The van der Waals surface area contributed by atoms with Crippen LogP contribution in [0.5, 0.6) is 0 Å². The van der Waals surface area contributed by atoms with E-state index in [4.69, 9.17) is 10.2 Å². The summed E-state index contributed by atoms with van der Waals surface area (Å²) >= 11 is 0. The molecule has 0 spiro atoms. The molecule has 0 fully saturated rings. The van der Waals surface area contributed by atoms with Crippen molar-refractivity contribution in [2.45, 2.75) is 32.7 Å². The molecule has 66 valence electrons. The molecule has 1 aliphatic rings. The highest BCUT2D eigenvalue weighted by molar-refractivity contribution is 5.27. The fraction of sp³-hybridized carbons (Fsp3) is 0.600. The molecule has 0 aromatic carbocycles. The molecule has 0 radical (unpaired) electrons. The molecule has 1 aromatic rings. The molecule has 2 atom stereocenters. The van der Waals surface area contributed by atoms with E-state index in [0.717, 1.165) is 24.4 Å². The Morgan fingerprint density at radius 3 is 3.08 bits per heavy atom. The average Bonchev–Trinajstić information content (AvgIpc) is 2.39. The second-order valence-electron chi connectivity index (χ2n) is 3.78. The molecular formula is C10H15NO. The zero-order chi connectivity index (χ0) is 8.72. The van der Waals surface area contributed by atoms with E-state index >= 15 is 0 Å². The maximum Gasteiger partial charge on any atom is 0.108 e. The van der Waals surface area contributed by atoms with Crippen LogP contribution in [0.25, 0.3) is 0 Å². The lowest BCUT2D eigenvalue weighted by atomic mass is 9.85. The molecule has 2 heteroatoms. The highest BCUT2D eigenvalue weighted by Gasteiger charge is 2.26. The van der Waals surface area contributed by atoms with Crippen molar-refractivity contribution < 1.29 is 4.42 Å². The number of hydrogen-bond acceptors (Lipinski definition) is 2. The summed E-state index contributed by atoms with van der Waals surface area (Å²) in [6.45, 7) is 4.19. The van der Waals surface area contributed by atoms with Crippen molar-refractivity contribution in [3.63, 3.8) is 0 Å². The maximum atomic E-state index is 6.04. The lowest BCUT2D eigenvalue weighted by Gasteiger charge is -2.24. The average molecular weight is 165 g/mol. The van der Waals surface area contributed by atoms with Gasteiger partial charge < -0.3 is 10.2 Å². The summed E-state index contributed by atoms with van der Waals surface area (Å²) in [6.07, 6.45) is 2.21. The third-order valence-electron chi connectivity index (χ3n) is 2.76. The Morgan fingerprint density at radius 1 is 1.58 bits per heavy atom. The minimum absolute atomic E-state index is 0.186. The van der Waals surface area contributed by atoms with Crippen molar-refractivity contribution in [1.82, 2.24) is 0 Å². The molecule has 1 aromatic heterocycles. The minimum Gasteiger partial charge on any atom is -0.466 e. The van der Waals surface area contributed by atoms with Gasteiger partial charge in [0.25, 0.3) is 0 Å². The maximum absolute atomic E-state index is 6.04. The van der Waals surface area contributed by atoms with Gasteiger partial charge in [0.15, 0.2) is 0 Å². The van der Waals surface area contributed by atoms with E-state index in [0.29, 0.717) is 5.92 Å². The Morgan fingerprint density at radius 2 is 2.33 bits per heavy atom. The van der Waals surface area contributed by atoms with Crippen molar-refractivity contribution in [2.24, 2.45) is 11.7 Å². The topological polar surface area (TPSA) is 39.2 Å². The minimum atomic E-state index is 0.186. The van der Waals surface area contributed by atoms with Crippen molar-refractivity contribution in [2.75, 3.05) is 0 Å². The van der Waals surface area contributed by atoms with E-state index in [1.165, 1.54) is 5.56 Å². The van der Waals surface area contributed by atoms with Gasteiger partial charge in [0.1, 0.15) is 11.5 Å². The molecule has 0 aliphatic heterocycles. The van der Waals surface area contributed by atoms with E-state index in [1.54, 1.807) is 0 Å². The van der Waals surface area contributed by atoms with Crippen molar-refractivity contribution in [1.29, 1.82) is 0 Å². The monoisotopic (exact) mass is 165 g/mol. The van der Waals surface area contributed by atoms with Gasteiger partial charge in [-0.05, 0) is 25.3 Å². The van der Waals surface area contributed by atoms with Gasteiger partial charge in [-0.1, -0.05) is 6.92 Å². The molecule has 0 saturated heterocycles. The van der Waals surface area contributed by atoms with Crippen LogP contribution in [-0.2, 0) is 6.42 Å². The molecule has 0 bridgehead atoms. The molecular weight excluding hydrogens is 150 g/mol. The number of furan rings is 1. The molecule has 2 N–H and O–H groups in total. The van der Waals surface area contributed by atoms with Crippen LogP contribution >= 0.6 is 0 Å². The highest BCUT2D eigenvalue weighted by atomic mass is 16.3. The fourth-order valence-corrected chi connectivity index (χ4v) is 1.90. The number of rotatable bonds is 0. The van der Waals surface area contributed by atoms with E-state index in [2.05, 4.69) is 13.0 Å². The molecule has 12 heavy (non-hydrogen) atoms. The summed E-state index contributed by atoms with van der Waals surface area (Å²) in [6, 6.07) is 2.27. The Labute approximate surface area is 72.7 Å². The van der Waals surface area contributed by atoms with Crippen molar-refractivity contribution in [3.8, 4) is 0 Å². The van der Waals surface area contributed by atoms with Gasteiger partial charge in [0.2, 0.25) is 0 Å². The normalized spacial score (nSPS) is 28.6. The summed E-state index contributed by atoms with van der Waals surface area (Å²) in [4.78, 5) is 0. The zero-order valence-corrected chi connectivity index (χ0v) is 7.63. The summed E-state index contributed by atoms with van der Waals surface area (Å²) in [5.41, 5.74) is 7.27. The van der Waals surface area contributed by atoms with Crippen LogP contribution in [0, 0.1) is 12.8 Å². The zero-order valence-electron chi connectivity index (χ0n) is 7.63. The van der Waals surface area contributed by atoms with E-state index in [-0.39, 0.29) is 6.04 Å². The summed E-state index contributed by atoms with van der Waals surface area (Å²) < 4.78 is 5.54. The van der Waals surface area contributed by atoms with E-state index in [1.807, 2.05) is 6.92 Å². The number of aryl methyl sites for hydroxylation is 2. The number of hydrogen-bond donors (Lipinski definition) is 1. The van der Waals surface area contributed by atoms with Crippen LogP contribution in [0.3, 0.4) is 0 Å². The summed E-state index contributed by atoms with van der Waals surface area (Å²) in [5.74, 6) is 2.69. The lowest BCUT2D eigenvalue weighted by molar-refractivity contribution is 0.367. The Hall–Kier alpha value is -0.760. The lowest BCUT2D eigenvalue weighted by Crippen LogP contribution is -2.23. The first-order valence-electron chi connectivity index (χ1n) is 4.53. The van der Waals surface area contributed by atoms with Gasteiger partial charge in [-0.25, -0.2) is 0 Å². The van der Waals surface area contributed by atoms with E-state index < -0.39 is 0 Å². The first kappa shape index (κ1) is 7.87. The summed E-state index contributed by atoms with van der Waals surface area (Å²) in [7, 11) is 0. The first-order chi connectivity index (χ1) is 5.68. The number of nitrogens with two attached hydrogens (primary N) is 1. The largest absolute Gasteiger partial charge is 0.466 e. The van der Waals surface area contributed by atoms with Crippen LogP contribution in [0.15, 0.2) is 10.5 Å². The smallest absolute Gasteiger partial charge is 0.108 e. The Kier molecular flexibility index (Phi) is 1.72. The first-order valence-corrected chi connectivity index (χ1v) is 4.53. The van der Waals surface area contributed by atoms with Crippen LogP contribution in [0.1, 0.15) is 36.5 Å². The SMILES string of the molecule is Cc1cc2c(o1)CCC(C)C2N. The quantitative estimate of drug-likeness (QED) is 0.640. The second kappa shape index (κ2) is 2.63. The fourth-order valence-electron chi connectivity index (χ4n) is 1.90. The third-order valence-corrected chi connectivity index (χ3v) is 2.76. The molecule has 1 aliphatic carbocycles. The van der Waals surface area contributed by atoms with Gasteiger partial charge >= 0.3 is 0 Å². The number of fused-ring (bicyclic) bond motifs is 1. The van der Waals surface area contributed by atoms with Gasteiger partial charge in [-0.2, -0.15) is 0 Å². The van der Waals surface area contributed by atoms with Crippen LogP contribution in [-0.4, -0.2) is 0 Å². The van der Waals surface area contributed by atoms with Crippen molar-refractivity contribution in [3.05, 3.63) is 23.2 Å². The van der Waals surface area contributed by atoms with Crippen LogP contribution < -0.4 is 5.73 Å². The molecule has 1 heterocycles. The van der Waals surface area contributed by atoms with Gasteiger partial charge in [-0.15, -0.1) is 0 Å². The Balaban J connectivity index is 2.41. The summed E-state index contributed by atoms with van der Waals surface area (Å²) in [5, 5.41) is 0. The third kappa shape index (κ3) is 1.07. The van der Waals surface area contributed by atoms with Crippen molar-refractivity contribution >= 4 is 0 Å². The molecule has 0 amide bonds. The van der Waals surface area contributed by atoms with Gasteiger partial charge in [0.05, 0.1) is 0 Å². The van der Waals surface area contributed by atoms with Crippen LogP contribution in [0.4, 0.5) is 0 Å². The molecule has 2 nitrogen and oxygen atoms in total. The van der Waals surface area contributed by atoms with E-state index in [9.17, 15) is 0 Å². The predicted molar refractivity (Wildman–Crippen MR) is 47.9 cm³/mol. The second-order valence-corrected chi connectivity index (χ2v) is 3.78. The molecule has 2 rings (SSSR count). The van der Waals surface area contributed by atoms with Gasteiger partial charge in [0, 0.05) is 18.0 Å². The molecule has 2 unspecified atom stereocenters. The highest BCUT2D eigenvalue weighted by Crippen LogP contribution is 2.34. The van der Waals surface area contributed by atoms with Crippen LogP contribution in [0.2, 0.25) is 0 Å². The standard InChI is InChI=1S/C10H15NO/c1-6-3-4-9-8(10(6)11)5-7(2)12-9/h5-6,10H,3-4,11H2,1-2H3. The Bertz CT molecular complexity index is 290.